The largest absolute Gasteiger partial charge is 0.313 e. The fourth-order valence-electron chi connectivity index (χ4n) is 0.604. The van der Waals surface area contributed by atoms with Crippen molar-refractivity contribution in [2.45, 2.75) is 26.7 Å². The summed E-state index contributed by atoms with van der Waals surface area (Å²) in [5.41, 5.74) is 1.21. The van der Waals surface area contributed by atoms with Gasteiger partial charge in [0.25, 0.3) is 0 Å². The van der Waals surface area contributed by atoms with Gasteiger partial charge in [0.2, 0.25) is 0 Å². The summed E-state index contributed by atoms with van der Waals surface area (Å²) in [6, 6.07) is 0. The van der Waals surface area contributed by atoms with Crippen molar-refractivity contribution >= 4 is 0 Å². The van der Waals surface area contributed by atoms with Crippen molar-refractivity contribution in [2.24, 2.45) is 0 Å². The van der Waals surface area contributed by atoms with Crippen molar-refractivity contribution < 1.29 is 0 Å². The first-order valence-corrected chi connectivity index (χ1v) is 3.62. The fraction of sp³-hybridized carbons (Fsp3) is 0.750. The van der Waals surface area contributed by atoms with Gasteiger partial charge in [0.1, 0.15) is 0 Å². The minimum absolute atomic E-state index is 0.972. The van der Waals surface area contributed by atoms with Crippen LogP contribution in [0.5, 0.6) is 0 Å². The first-order chi connectivity index (χ1) is 4.27. The lowest BCUT2D eigenvalue weighted by atomic mass is 10.3. The van der Waals surface area contributed by atoms with E-state index >= 15 is 0 Å². The maximum Gasteiger partial charge on any atom is 0.0159 e. The van der Waals surface area contributed by atoms with Gasteiger partial charge in [0, 0.05) is 6.54 Å². The molecule has 0 aromatic rings. The highest BCUT2D eigenvalue weighted by Crippen LogP contribution is 1.85. The summed E-state index contributed by atoms with van der Waals surface area (Å²) >= 11 is 0. The average molecular weight is 127 g/mol. The molecule has 0 saturated carbocycles. The Labute approximate surface area is 58.2 Å². The van der Waals surface area contributed by atoms with E-state index in [0.29, 0.717) is 0 Å². The Morgan fingerprint density at radius 3 is 2.67 bits per heavy atom. The lowest BCUT2D eigenvalue weighted by molar-refractivity contribution is 0.672. The summed E-state index contributed by atoms with van der Waals surface area (Å²) in [7, 11) is 0. The molecule has 0 aromatic heterocycles. The average Bonchev–Trinajstić information content (AvgIpc) is 1.80. The van der Waals surface area contributed by atoms with E-state index in [0.717, 1.165) is 13.1 Å². The monoisotopic (exact) mass is 127 g/mol. The van der Waals surface area contributed by atoms with Gasteiger partial charge in [0.15, 0.2) is 0 Å². The topological polar surface area (TPSA) is 12.0 Å². The zero-order valence-electron chi connectivity index (χ0n) is 6.54. The lowest BCUT2D eigenvalue weighted by Gasteiger charge is -2.00. The van der Waals surface area contributed by atoms with Crippen LogP contribution in [0.25, 0.3) is 0 Å². The third-order valence-electron chi connectivity index (χ3n) is 1.13. The van der Waals surface area contributed by atoms with Gasteiger partial charge >= 0.3 is 0 Å². The van der Waals surface area contributed by atoms with Crippen LogP contribution in [0.2, 0.25) is 0 Å². The SMILES string of the molecule is C=C(C)CNCCCC. The molecule has 9 heavy (non-hydrogen) atoms. The van der Waals surface area contributed by atoms with Crippen molar-refractivity contribution in [3.05, 3.63) is 12.2 Å². The van der Waals surface area contributed by atoms with Gasteiger partial charge in [-0.1, -0.05) is 25.5 Å². The Bertz CT molecular complexity index is 76.6. The summed E-state index contributed by atoms with van der Waals surface area (Å²) in [4.78, 5) is 0. The third kappa shape index (κ3) is 7.70. The Morgan fingerprint density at radius 1 is 1.56 bits per heavy atom. The summed E-state index contributed by atoms with van der Waals surface area (Å²) in [6.45, 7) is 10.1. The Hall–Kier alpha value is -0.300. The number of nitrogens with one attached hydrogen (secondary N) is 1. The number of rotatable bonds is 5. The van der Waals surface area contributed by atoms with E-state index in [9.17, 15) is 0 Å². The smallest absolute Gasteiger partial charge is 0.0159 e. The van der Waals surface area contributed by atoms with Crippen molar-refractivity contribution in [2.75, 3.05) is 13.1 Å². The van der Waals surface area contributed by atoms with Gasteiger partial charge in [-0.05, 0) is 19.9 Å². The van der Waals surface area contributed by atoms with Crippen molar-refractivity contribution in [3.63, 3.8) is 0 Å². The van der Waals surface area contributed by atoms with Gasteiger partial charge in [-0.3, -0.25) is 0 Å². The first-order valence-electron chi connectivity index (χ1n) is 3.62. The second-order valence-electron chi connectivity index (χ2n) is 2.49. The van der Waals surface area contributed by atoms with Crippen LogP contribution in [0.3, 0.4) is 0 Å². The third-order valence-corrected chi connectivity index (χ3v) is 1.13. The molecule has 54 valence electrons. The van der Waals surface area contributed by atoms with Crippen molar-refractivity contribution in [1.82, 2.24) is 5.32 Å². The van der Waals surface area contributed by atoms with Gasteiger partial charge in [0.05, 0.1) is 0 Å². The minimum atomic E-state index is 0.972. The molecule has 1 N–H and O–H groups in total. The Morgan fingerprint density at radius 2 is 2.22 bits per heavy atom. The quantitative estimate of drug-likeness (QED) is 0.439. The molecule has 0 aromatic carbocycles. The van der Waals surface area contributed by atoms with Gasteiger partial charge < -0.3 is 5.32 Å². The molecule has 0 saturated heterocycles. The summed E-state index contributed by atoms with van der Waals surface area (Å²) in [5, 5.41) is 3.29. The van der Waals surface area contributed by atoms with Crippen LogP contribution >= 0.6 is 0 Å². The highest BCUT2D eigenvalue weighted by molar-refractivity contribution is 4.90. The molecule has 0 rings (SSSR count). The molecule has 0 heterocycles. The predicted octanol–water partition coefficient (Wildman–Crippen LogP) is 1.95. The second-order valence-corrected chi connectivity index (χ2v) is 2.49. The van der Waals surface area contributed by atoms with E-state index in [4.69, 9.17) is 0 Å². The molecule has 0 atom stereocenters. The number of hydrogen-bond donors (Lipinski definition) is 1. The highest BCUT2D eigenvalue weighted by Gasteiger charge is 1.84. The van der Waals surface area contributed by atoms with E-state index < -0.39 is 0 Å². The fourth-order valence-corrected chi connectivity index (χ4v) is 0.604. The molecule has 0 bridgehead atoms. The Balaban J connectivity index is 2.83. The van der Waals surface area contributed by atoms with Crippen LogP contribution in [0.1, 0.15) is 26.7 Å². The lowest BCUT2D eigenvalue weighted by Crippen LogP contribution is -2.16. The van der Waals surface area contributed by atoms with E-state index in [-0.39, 0.29) is 0 Å². The summed E-state index contributed by atoms with van der Waals surface area (Å²) < 4.78 is 0. The van der Waals surface area contributed by atoms with Crippen molar-refractivity contribution in [3.8, 4) is 0 Å². The first kappa shape index (κ1) is 8.70. The normalized spacial score (nSPS) is 9.56. The standard InChI is InChI=1S/C8H17N/c1-4-5-6-9-7-8(2)3/h9H,2,4-7H2,1,3H3. The van der Waals surface area contributed by atoms with E-state index in [2.05, 4.69) is 18.8 Å². The molecule has 0 aliphatic carbocycles. The van der Waals surface area contributed by atoms with Crippen LogP contribution in [-0.2, 0) is 0 Å². The Kier molecular flexibility index (Phi) is 5.64. The second kappa shape index (κ2) is 5.83. The molecule has 0 radical (unpaired) electrons. The molecule has 1 nitrogen and oxygen atoms in total. The van der Waals surface area contributed by atoms with E-state index in [1.165, 1.54) is 18.4 Å². The van der Waals surface area contributed by atoms with E-state index in [1.54, 1.807) is 0 Å². The molecule has 1 heteroatoms. The zero-order chi connectivity index (χ0) is 7.11. The van der Waals surface area contributed by atoms with Crippen molar-refractivity contribution in [1.29, 1.82) is 0 Å². The van der Waals surface area contributed by atoms with Crippen LogP contribution in [-0.4, -0.2) is 13.1 Å². The molecule has 0 spiro atoms. The maximum atomic E-state index is 3.79. The van der Waals surface area contributed by atoms with Crippen LogP contribution in [0.15, 0.2) is 12.2 Å². The van der Waals surface area contributed by atoms with Gasteiger partial charge in [-0.15, -0.1) is 0 Å². The maximum absolute atomic E-state index is 3.79. The molecule has 0 unspecified atom stereocenters. The molecule has 0 aliphatic heterocycles. The molecule has 0 amide bonds. The van der Waals surface area contributed by atoms with Crippen LogP contribution in [0, 0.1) is 0 Å². The molecular formula is C8H17N. The number of hydrogen-bond acceptors (Lipinski definition) is 1. The predicted molar refractivity (Wildman–Crippen MR) is 42.6 cm³/mol. The molecular weight excluding hydrogens is 110 g/mol. The molecule has 0 fully saturated rings. The number of unbranched alkanes of at least 4 members (excludes halogenated alkanes) is 1. The summed E-state index contributed by atoms with van der Waals surface area (Å²) in [5.74, 6) is 0. The minimum Gasteiger partial charge on any atom is -0.313 e. The van der Waals surface area contributed by atoms with Gasteiger partial charge in [-0.25, -0.2) is 0 Å². The van der Waals surface area contributed by atoms with E-state index in [1.807, 2.05) is 6.92 Å². The summed E-state index contributed by atoms with van der Waals surface area (Å²) in [6.07, 6.45) is 2.54. The van der Waals surface area contributed by atoms with Crippen LogP contribution < -0.4 is 5.32 Å². The molecule has 0 aliphatic rings. The highest BCUT2D eigenvalue weighted by atomic mass is 14.8. The van der Waals surface area contributed by atoms with Crippen LogP contribution in [0.4, 0.5) is 0 Å². The zero-order valence-corrected chi connectivity index (χ0v) is 6.54. The van der Waals surface area contributed by atoms with Gasteiger partial charge in [-0.2, -0.15) is 0 Å².